The molecule has 0 spiro atoms. The lowest BCUT2D eigenvalue weighted by Gasteiger charge is -2.12. The topological polar surface area (TPSA) is 113 Å². The fourth-order valence-electron chi connectivity index (χ4n) is 3.10. The molecule has 3 aromatic rings. The Morgan fingerprint density at radius 2 is 1.91 bits per heavy atom. The third-order valence-electron chi connectivity index (χ3n) is 4.84. The summed E-state index contributed by atoms with van der Waals surface area (Å²) in [5, 5.41) is 35.3. The number of pyridine rings is 2. The Morgan fingerprint density at radius 1 is 1.15 bits per heavy atom. The van der Waals surface area contributed by atoms with Crippen LogP contribution in [0.4, 0.5) is 14.6 Å². The van der Waals surface area contributed by atoms with Gasteiger partial charge in [-0.15, -0.1) is 0 Å². The molecule has 8 nitrogen and oxygen atoms in total. The van der Waals surface area contributed by atoms with Crippen molar-refractivity contribution in [1.82, 2.24) is 5.32 Å². The monoisotopic (exact) mass is 509 g/mol. The first-order valence-electron chi connectivity index (χ1n) is 9.82. The summed E-state index contributed by atoms with van der Waals surface area (Å²) in [6, 6.07) is 12.9. The number of amides is 1. The highest BCUT2D eigenvalue weighted by atomic mass is 35.5. The molecule has 0 aliphatic heterocycles. The summed E-state index contributed by atoms with van der Waals surface area (Å²) in [4.78, 5) is 12.5. The number of nitrogens with one attached hydrogen (secondary N) is 2. The summed E-state index contributed by atoms with van der Waals surface area (Å²) in [5.74, 6) is -4.24. The lowest BCUT2D eigenvalue weighted by molar-refractivity contribution is -0.913. The van der Waals surface area contributed by atoms with Gasteiger partial charge in [0.25, 0.3) is 0 Å². The van der Waals surface area contributed by atoms with Crippen LogP contribution in [0.3, 0.4) is 0 Å². The Balaban J connectivity index is 1.74. The van der Waals surface area contributed by atoms with E-state index in [0.717, 1.165) is 12.3 Å². The molecule has 2 aromatic heterocycles. The Kier molecular flexibility index (Phi) is 7.71. The second-order valence-electron chi connectivity index (χ2n) is 7.18. The van der Waals surface area contributed by atoms with E-state index in [4.69, 9.17) is 23.2 Å². The molecule has 0 bridgehead atoms. The molecule has 0 saturated heterocycles. The standard InChI is InChI=1S/C22H17Cl2F2N5O3/c23-16-5-6-17(24)15(9-16)12-28-21(32)10-18-14(11-27)4-7-20(31(18)34)29-13-22(25,26)19-3-1-2-8-30(19)33/h1-9,34H,10,12-13H2,(H-,28,32,33)/p+2. The van der Waals surface area contributed by atoms with Gasteiger partial charge in [-0.25, -0.2) is 0 Å². The van der Waals surface area contributed by atoms with Crippen LogP contribution in [0.2, 0.25) is 10.0 Å². The number of carbonyl (C=O) groups is 1. The van der Waals surface area contributed by atoms with E-state index in [-0.39, 0.29) is 23.6 Å². The Morgan fingerprint density at radius 3 is 2.62 bits per heavy atom. The maximum atomic E-state index is 14.5. The number of nitrogens with zero attached hydrogens (tertiary/aromatic N) is 3. The maximum Gasteiger partial charge on any atom is 0.370 e. The molecule has 176 valence electrons. The van der Waals surface area contributed by atoms with Crippen LogP contribution in [0, 0.1) is 11.3 Å². The van der Waals surface area contributed by atoms with Gasteiger partial charge in [-0.3, -0.25) is 15.3 Å². The smallest absolute Gasteiger partial charge is 0.352 e. The molecular formula is C22H19Cl2F2N5O3+2. The number of aromatic nitrogens is 2. The number of benzene rings is 1. The number of hydrogen-bond donors (Lipinski definition) is 4. The molecule has 12 heteroatoms. The lowest BCUT2D eigenvalue weighted by Crippen LogP contribution is -2.45. The number of alkyl halides is 2. The average molecular weight is 510 g/mol. The molecule has 1 aromatic carbocycles. The van der Waals surface area contributed by atoms with Crippen molar-refractivity contribution in [2.24, 2.45) is 0 Å². The summed E-state index contributed by atoms with van der Waals surface area (Å²) < 4.78 is 29.9. The fourth-order valence-corrected chi connectivity index (χ4v) is 3.48. The zero-order valence-corrected chi connectivity index (χ0v) is 19.0. The van der Waals surface area contributed by atoms with Crippen LogP contribution in [0.25, 0.3) is 0 Å². The van der Waals surface area contributed by atoms with Gasteiger partial charge >= 0.3 is 17.4 Å². The third-order valence-corrected chi connectivity index (χ3v) is 5.44. The van der Waals surface area contributed by atoms with E-state index in [2.05, 4.69) is 10.6 Å². The predicted molar refractivity (Wildman–Crippen MR) is 117 cm³/mol. The quantitative estimate of drug-likeness (QED) is 0.275. The van der Waals surface area contributed by atoms with E-state index in [1.807, 2.05) is 6.07 Å². The highest BCUT2D eigenvalue weighted by Crippen LogP contribution is 2.25. The third kappa shape index (κ3) is 5.81. The van der Waals surface area contributed by atoms with Crippen LogP contribution in [-0.2, 0) is 23.7 Å². The first-order valence-corrected chi connectivity index (χ1v) is 10.6. The van der Waals surface area contributed by atoms with Gasteiger partial charge in [0.05, 0.1) is 12.0 Å². The van der Waals surface area contributed by atoms with Crippen LogP contribution in [-0.4, -0.2) is 22.9 Å². The Labute approximate surface area is 203 Å². The molecule has 4 N–H and O–H groups in total. The van der Waals surface area contributed by atoms with Crippen LogP contribution < -0.4 is 20.1 Å². The van der Waals surface area contributed by atoms with Gasteiger partial charge in [0.1, 0.15) is 6.07 Å². The number of nitriles is 1. The van der Waals surface area contributed by atoms with E-state index < -0.39 is 30.5 Å². The summed E-state index contributed by atoms with van der Waals surface area (Å²) in [6.45, 7) is -0.934. The lowest BCUT2D eigenvalue weighted by atomic mass is 10.1. The van der Waals surface area contributed by atoms with E-state index in [1.54, 1.807) is 18.2 Å². The number of rotatable bonds is 8. The molecule has 2 heterocycles. The number of hydrogen-bond acceptors (Lipinski definition) is 5. The number of halogens is 4. The van der Waals surface area contributed by atoms with Crippen molar-refractivity contribution in [3.8, 4) is 6.07 Å². The largest absolute Gasteiger partial charge is 0.370 e. The van der Waals surface area contributed by atoms with Crippen LogP contribution in [0.15, 0.2) is 54.7 Å². The SMILES string of the molecule is N#Cc1ccc(NCC(F)(F)c2cccc[n+]2O)[n+](O)c1CC(=O)NCc1cc(Cl)ccc1Cl. The molecule has 0 atom stereocenters. The molecule has 0 saturated carbocycles. The Bertz CT molecular complexity index is 1270. The van der Waals surface area contributed by atoms with Crippen molar-refractivity contribution < 1.29 is 33.5 Å². The molecule has 3 rings (SSSR count). The first-order chi connectivity index (χ1) is 16.1. The van der Waals surface area contributed by atoms with Gasteiger partial charge in [-0.2, -0.15) is 14.0 Å². The van der Waals surface area contributed by atoms with Gasteiger partial charge < -0.3 is 10.5 Å². The molecule has 0 unspecified atom stereocenters. The second kappa shape index (κ2) is 10.5. The fraction of sp³-hybridized carbons (Fsp3) is 0.182. The number of anilines is 1. The highest BCUT2D eigenvalue weighted by molar-refractivity contribution is 6.33. The van der Waals surface area contributed by atoms with Crippen molar-refractivity contribution in [2.75, 3.05) is 11.9 Å². The first kappa shape index (κ1) is 25.0. The van der Waals surface area contributed by atoms with E-state index >= 15 is 0 Å². The summed E-state index contributed by atoms with van der Waals surface area (Å²) >= 11 is 12.0. The minimum absolute atomic E-state index is 0.0213. The normalized spacial score (nSPS) is 11.0. The van der Waals surface area contributed by atoms with Crippen LogP contribution >= 0.6 is 23.2 Å². The van der Waals surface area contributed by atoms with Crippen molar-refractivity contribution in [2.45, 2.75) is 18.9 Å². The van der Waals surface area contributed by atoms with E-state index in [1.165, 1.54) is 24.3 Å². The minimum Gasteiger partial charge on any atom is -0.352 e. The van der Waals surface area contributed by atoms with Crippen molar-refractivity contribution >= 4 is 34.9 Å². The van der Waals surface area contributed by atoms with Gasteiger partial charge in [0, 0.05) is 39.5 Å². The molecule has 0 radical (unpaired) electrons. The highest BCUT2D eigenvalue weighted by Gasteiger charge is 2.43. The van der Waals surface area contributed by atoms with Crippen LogP contribution in [0.5, 0.6) is 0 Å². The molecule has 34 heavy (non-hydrogen) atoms. The minimum atomic E-state index is -3.51. The molecule has 0 aliphatic carbocycles. The van der Waals surface area contributed by atoms with Crippen molar-refractivity contribution in [3.63, 3.8) is 0 Å². The second-order valence-corrected chi connectivity index (χ2v) is 8.02. The number of carbonyl (C=O) groups excluding carboxylic acids is 1. The zero-order valence-electron chi connectivity index (χ0n) is 17.5. The van der Waals surface area contributed by atoms with E-state index in [0.29, 0.717) is 25.1 Å². The van der Waals surface area contributed by atoms with Gasteiger partial charge in [0.2, 0.25) is 12.1 Å². The van der Waals surface area contributed by atoms with Gasteiger partial charge in [0.15, 0.2) is 12.2 Å². The molecule has 1 amide bonds. The zero-order chi connectivity index (χ0) is 24.9. The van der Waals surface area contributed by atoms with Crippen molar-refractivity contribution in [1.29, 1.82) is 5.26 Å². The van der Waals surface area contributed by atoms with Crippen molar-refractivity contribution in [3.05, 3.63) is 87.3 Å². The molecule has 0 aliphatic rings. The summed E-state index contributed by atoms with van der Waals surface area (Å²) in [6.07, 6.45) is 0.642. The van der Waals surface area contributed by atoms with E-state index in [9.17, 15) is 29.3 Å². The van der Waals surface area contributed by atoms with Gasteiger partial charge in [-0.1, -0.05) is 23.2 Å². The maximum absolute atomic E-state index is 14.5. The average Bonchev–Trinajstić information content (AvgIpc) is 2.80. The summed E-state index contributed by atoms with van der Waals surface area (Å²) in [5.41, 5.74) is -0.228. The summed E-state index contributed by atoms with van der Waals surface area (Å²) in [7, 11) is 0. The van der Waals surface area contributed by atoms with Gasteiger partial charge in [-0.05, 0) is 40.6 Å². The molecule has 0 fully saturated rings. The predicted octanol–water partition coefficient (Wildman–Crippen LogP) is 2.98. The Hall–Kier alpha value is -3.68. The molecular weight excluding hydrogens is 491 g/mol. The van der Waals surface area contributed by atoms with Crippen LogP contribution in [0.1, 0.15) is 22.5 Å².